The van der Waals surface area contributed by atoms with Crippen molar-refractivity contribution >= 4 is 22.4 Å². The van der Waals surface area contributed by atoms with Gasteiger partial charge in [0.05, 0.1) is 0 Å². The van der Waals surface area contributed by atoms with Crippen molar-refractivity contribution in [3.05, 3.63) is 40.3 Å². The number of aromatic nitrogens is 3. The number of nitrogens with one attached hydrogen (secondary N) is 1. The Morgan fingerprint density at radius 3 is 3.06 bits per heavy atom. The first kappa shape index (κ1) is 10.5. The molecule has 0 aliphatic carbocycles. The van der Waals surface area contributed by atoms with Crippen LogP contribution in [0.15, 0.2) is 34.7 Å². The molecule has 2 aromatic rings. The summed E-state index contributed by atoms with van der Waals surface area (Å²) in [5, 5.41) is 10.2. The van der Waals surface area contributed by atoms with Gasteiger partial charge in [-0.05, 0) is 6.07 Å². The third-order valence-corrected chi connectivity index (χ3v) is 2.43. The number of amides is 1. The molecule has 0 fully saturated rings. The summed E-state index contributed by atoms with van der Waals surface area (Å²) >= 11 is 1.22. The molecular formula is C9H8N4O2S. The summed E-state index contributed by atoms with van der Waals surface area (Å²) in [6.07, 6.45) is 1.56. The lowest BCUT2D eigenvalue weighted by Crippen LogP contribution is -2.26. The van der Waals surface area contributed by atoms with Crippen molar-refractivity contribution in [1.29, 1.82) is 0 Å². The second-order valence-electron chi connectivity index (χ2n) is 2.96. The zero-order valence-corrected chi connectivity index (χ0v) is 8.98. The molecule has 0 saturated carbocycles. The van der Waals surface area contributed by atoms with Crippen LogP contribution in [0.1, 0.15) is 0 Å². The van der Waals surface area contributed by atoms with Gasteiger partial charge in [0.2, 0.25) is 11.0 Å². The van der Waals surface area contributed by atoms with E-state index in [4.69, 9.17) is 0 Å². The Labute approximate surface area is 94.6 Å². The summed E-state index contributed by atoms with van der Waals surface area (Å²) in [5.41, 5.74) is 1.31. The van der Waals surface area contributed by atoms with E-state index in [1.807, 2.05) is 0 Å². The van der Waals surface area contributed by atoms with Crippen molar-refractivity contribution in [3.63, 3.8) is 0 Å². The number of anilines is 1. The number of rotatable bonds is 3. The molecule has 2 heterocycles. The van der Waals surface area contributed by atoms with Gasteiger partial charge in [-0.15, -0.1) is 10.2 Å². The number of carbonyl (C=O) groups excluding carboxylic acids is 1. The lowest BCUT2D eigenvalue weighted by molar-refractivity contribution is -0.116. The van der Waals surface area contributed by atoms with Crippen LogP contribution < -0.4 is 10.9 Å². The summed E-state index contributed by atoms with van der Waals surface area (Å²) in [6, 6.07) is 4.72. The molecule has 0 aromatic carbocycles. The quantitative estimate of drug-likeness (QED) is 0.833. The van der Waals surface area contributed by atoms with Crippen molar-refractivity contribution in [2.75, 3.05) is 5.32 Å². The Kier molecular flexibility index (Phi) is 3.06. The van der Waals surface area contributed by atoms with Gasteiger partial charge in [0.1, 0.15) is 12.1 Å². The molecule has 0 aliphatic rings. The van der Waals surface area contributed by atoms with Crippen LogP contribution in [0, 0.1) is 0 Å². The van der Waals surface area contributed by atoms with Crippen LogP contribution in [0.3, 0.4) is 0 Å². The summed E-state index contributed by atoms with van der Waals surface area (Å²) in [6.45, 7) is -0.0285. The van der Waals surface area contributed by atoms with E-state index in [0.717, 1.165) is 0 Å². The van der Waals surface area contributed by atoms with Gasteiger partial charge in [0.25, 0.3) is 5.56 Å². The predicted octanol–water partition coefficient (Wildman–Crippen LogP) is 0.338. The number of hydrogen-bond donors (Lipinski definition) is 1. The largest absolute Gasteiger partial charge is 0.306 e. The minimum absolute atomic E-state index is 0.0285. The lowest BCUT2D eigenvalue weighted by Gasteiger charge is -2.03. The number of hydrogen-bond acceptors (Lipinski definition) is 5. The number of nitrogens with zero attached hydrogens (tertiary/aromatic N) is 3. The Hall–Kier alpha value is -2.02. The maximum atomic E-state index is 11.5. The molecule has 0 bridgehead atoms. The Bertz CT molecular complexity index is 534. The van der Waals surface area contributed by atoms with Gasteiger partial charge < -0.3 is 4.57 Å². The van der Waals surface area contributed by atoms with Crippen molar-refractivity contribution in [3.8, 4) is 0 Å². The SMILES string of the molecule is O=C(Cn1ccccc1=O)Nc1nncs1. The molecule has 7 heteroatoms. The highest BCUT2D eigenvalue weighted by Crippen LogP contribution is 2.07. The van der Waals surface area contributed by atoms with Gasteiger partial charge >= 0.3 is 0 Å². The zero-order valence-electron chi connectivity index (χ0n) is 8.16. The first-order valence-electron chi connectivity index (χ1n) is 4.47. The van der Waals surface area contributed by atoms with Crippen molar-refractivity contribution in [2.45, 2.75) is 6.54 Å². The van der Waals surface area contributed by atoms with E-state index in [2.05, 4.69) is 15.5 Å². The summed E-state index contributed by atoms with van der Waals surface area (Å²) in [4.78, 5) is 22.8. The zero-order chi connectivity index (χ0) is 11.4. The Balaban J connectivity index is 2.03. The normalized spacial score (nSPS) is 10.0. The molecule has 1 N–H and O–H groups in total. The van der Waals surface area contributed by atoms with Crippen LogP contribution in [0.25, 0.3) is 0 Å². The summed E-state index contributed by atoms with van der Waals surface area (Å²) in [5.74, 6) is -0.301. The molecule has 0 aliphatic heterocycles. The lowest BCUT2D eigenvalue weighted by atomic mass is 10.4. The fourth-order valence-electron chi connectivity index (χ4n) is 1.13. The van der Waals surface area contributed by atoms with Gasteiger partial charge in [0.15, 0.2) is 0 Å². The molecule has 2 aromatic heterocycles. The predicted molar refractivity (Wildman–Crippen MR) is 59.2 cm³/mol. The first-order chi connectivity index (χ1) is 7.75. The van der Waals surface area contributed by atoms with Gasteiger partial charge in [-0.2, -0.15) is 0 Å². The Morgan fingerprint density at radius 2 is 2.38 bits per heavy atom. The van der Waals surface area contributed by atoms with E-state index < -0.39 is 0 Å². The summed E-state index contributed by atoms with van der Waals surface area (Å²) < 4.78 is 1.32. The maximum Gasteiger partial charge on any atom is 0.250 e. The van der Waals surface area contributed by atoms with Crippen molar-refractivity contribution in [1.82, 2.24) is 14.8 Å². The smallest absolute Gasteiger partial charge is 0.250 e. The number of pyridine rings is 1. The molecule has 0 radical (unpaired) electrons. The van der Waals surface area contributed by atoms with E-state index in [1.54, 1.807) is 18.3 Å². The van der Waals surface area contributed by atoms with E-state index in [1.165, 1.54) is 27.5 Å². The van der Waals surface area contributed by atoms with Crippen LogP contribution in [0.2, 0.25) is 0 Å². The van der Waals surface area contributed by atoms with E-state index >= 15 is 0 Å². The molecular weight excluding hydrogens is 228 g/mol. The highest BCUT2D eigenvalue weighted by atomic mass is 32.1. The average molecular weight is 236 g/mol. The molecule has 2 rings (SSSR count). The fourth-order valence-corrected chi connectivity index (χ4v) is 1.59. The topological polar surface area (TPSA) is 76.9 Å². The highest BCUT2D eigenvalue weighted by Gasteiger charge is 2.05. The molecule has 0 saturated heterocycles. The third-order valence-electron chi connectivity index (χ3n) is 1.82. The molecule has 16 heavy (non-hydrogen) atoms. The molecule has 0 unspecified atom stereocenters. The van der Waals surface area contributed by atoms with Gasteiger partial charge in [0, 0.05) is 12.3 Å². The minimum atomic E-state index is -0.301. The molecule has 1 amide bonds. The second-order valence-corrected chi connectivity index (χ2v) is 3.79. The van der Waals surface area contributed by atoms with Crippen LogP contribution in [-0.4, -0.2) is 20.7 Å². The molecule has 6 nitrogen and oxygen atoms in total. The van der Waals surface area contributed by atoms with Crippen LogP contribution in [0.4, 0.5) is 5.13 Å². The monoisotopic (exact) mass is 236 g/mol. The maximum absolute atomic E-state index is 11.5. The van der Waals surface area contributed by atoms with Crippen molar-refractivity contribution < 1.29 is 4.79 Å². The van der Waals surface area contributed by atoms with Gasteiger partial charge in [-0.1, -0.05) is 17.4 Å². The van der Waals surface area contributed by atoms with E-state index in [9.17, 15) is 9.59 Å². The average Bonchev–Trinajstić information content (AvgIpc) is 2.74. The third kappa shape index (κ3) is 2.51. The molecule has 0 spiro atoms. The first-order valence-corrected chi connectivity index (χ1v) is 5.35. The standard InChI is InChI=1S/C9H8N4O2S/c14-7(11-9-12-10-6-16-9)5-13-4-2-1-3-8(13)15/h1-4,6H,5H2,(H,11,12,14). The highest BCUT2D eigenvalue weighted by molar-refractivity contribution is 7.13. The second kappa shape index (κ2) is 4.67. The number of carbonyl (C=O) groups is 1. The minimum Gasteiger partial charge on any atom is -0.306 e. The van der Waals surface area contributed by atoms with Crippen LogP contribution in [-0.2, 0) is 11.3 Å². The van der Waals surface area contributed by atoms with Crippen LogP contribution >= 0.6 is 11.3 Å². The van der Waals surface area contributed by atoms with E-state index in [0.29, 0.717) is 5.13 Å². The van der Waals surface area contributed by atoms with Crippen LogP contribution in [0.5, 0.6) is 0 Å². The molecule has 82 valence electrons. The van der Waals surface area contributed by atoms with E-state index in [-0.39, 0.29) is 18.0 Å². The fraction of sp³-hybridized carbons (Fsp3) is 0.111. The van der Waals surface area contributed by atoms with Gasteiger partial charge in [-0.25, -0.2) is 0 Å². The Morgan fingerprint density at radius 1 is 1.50 bits per heavy atom. The summed E-state index contributed by atoms with van der Waals surface area (Å²) in [7, 11) is 0. The molecule has 0 atom stereocenters. The van der Waals surface area contributed by atoms with Crippen molar-refractivity contribution in [2.24, 2.45) is 0 Å². The van der Waals surface area contributed by atoms with Gasteiger partial charge in [-0.3, -0.25) is 14.9 Å².